The van der Waals surface area contributed by atoms with E-state index >= 15 is 0 Å². The molecule has 1 amide bonds. The predicted molar refractivity (Wildman–Crippen MR) is 70.4 cm³/mol. The summed E-state index contributed by atoms with van der Waals surface area (Å²) in [5, 5.41) is 5.72. The van der Waals surface area contributed by atoms with E-state index in [-0.39, 0.29) is 12.5 Å². The third-order valence-corrected chi connectivity index (χ3v) is 2.35. The molecule has 94 valence electrons. The molecule has 0 saturated carbocycles. The number of rotatable bonds is 5. The number of anilines is 1. The van der Waals surface area contributed by atoms with Crippen molar-refractivity contribution in [2.24, 2.45) is 0 Å². The fraction of sp³-hybridized carbons (Fsp3) is 0.231. The van der Waals surface area contributed by atoms with Crippen LogP contribution in [-0.4, -0.2) is 24.0 Å². The Bertz CT molecular complexity index is 575. The lowest BCUT2D eigenvalue weighted by Gasteiger charge is -2.04. The molecule has 0 unspecified atom stereocenters. The zero-order chi connectivity index (χ0) is 13.0. The van der Waals surface area contributed by atoms with Crippen LogP contribution in [0, 0.1) is 6.92 Å². The van der Waals surface area contributed by atoms with Crippen molar-refractivity contribution < 1.29 is 9.21 Å². The van der Waals surface area contributed by atoms with E-state index in [1.54, 1.807) is 31.2 Å². The SMILES string of the molecule is C=CCNCC(=O)Nc1ccc2oc(C)nc2c1. The number of nitrogens with one attached hydrogen (secondary N) is 2. The van der Waals surface area contributed by atoms with Gasteiger partial charge in [-0.1, -0.05) is 6.08 Å². The van der Waals surface area contributed by atoms with Crippen LogP contribution in [0.15, 0.2) is 35.3 Å². The van der Waals surface area contributed by atoms with E-state index in [0.717, 1.165) is 11.1 Å². The van der Waals surface area contributed by atoms with Gasteiger partial charge in [0.15, 0.2) is 11.5 Å². The van der Waals surface area contributed by atoms with Crippen LogP contribution < -0.4 is 10.6 Å². The number of fused-ring (bicyclic) bond motifs is 1. The molecule has 2 rings (SSSR count). The highest BCUT2D eigenvalue weighted by Crippen LogP contribution is 2.19. The summed E-state index contributed by atoms with van der Waals surface area (Å²) in [4.78, 5) is 15.8. The number of aryl methyl sites for hydroxylation is 1. The number of amides is 1. The Labute approximate surface area is 105 Å². The fourth-order valence-electron chi connectivity index (χ4n) is 1.61. The van der Waals surface area contributed by atoms with Crippen LogP contribution in [0.25, 0.3) is 11.1 Å². The van der Waals surface area contributed by atoms with Gasteiger partial charge in [0.25, 0.3) is 0 Å². The Morgan fingerprint density at radius 3 is 3.17 bits per heavy atom. The standard InChI is InChI=1S/C13H15N3O2/c1-3-6-14-8-13(17)16-10-4-5-12-11(7-10)15-9(2)18-12/h3-5,7,14H,1,6,8H2,2H3,(H,16,17). The smallest absolute Gasteiger partial charge is 0.238 e. The molecule has 0 atom stereocenters. The summed E-state index contributed by atoms with van der Waals surface area (Å²) < 4.78 is 5.36. The van der Waals surface area contributed by atoms with E-state index < -0.39 is 0 Å². The van der Waals surface area contributed by atoms with Gasteiger partial charge in [0, 0.05) is 19.2 Å². The van der Waals surface area contributed by atoms with Crippen molar-refractivity contribution in [2.45, 2.75) is 6.92 Å². The molecule has 0 aliphatic rings. The van der Waals surface area contributed by atoms with Crippen molar-refractivity contribution in [1.29, 1.82) is 0 Å². The molecule has 2 aromatic rings. The number of benzene rings is 1. The largest absolute Gasteiger partial charge is 0.441 e. The summed E-state index contributed by atoms with van der Waals surface area (Å²) in [6, 6.07) is 5.37. The third-order valence-electron chi connectivity index (χ3n) is 2.35. The van der Waals surface area contributed by atoms with Crippen LogP contribution in [0.1, 0.15) is 5.89 Å². The summed E-state index contributed by atoms with van der Waals surface area (Å²) in [5.74, 6) is 0.512. The van der Waals surface area contributed by atoms with Gasteiger partial charge in [-0.3, -0.25) is 4.79 Å². The fourth-order valence-corrected chi connectivity index (χ4v) is 1.61. The predicted octanol–water partition coefficient (Wildman–Crippen LogP) is 1.85. The molecule has 0 fully saturated rings. The van der Waals surface area contributed by atoms with Gasteiger partial charge < -0.3 is 15.1 Å². The van der Waals surface area contributed by atoms with E-state index in [0.29, 0.717) is 18.1 Å². The van der Waals surface area contributed by atoms with Crippen molar-refractivity contribution in [3.63, 3.8) is 0 Å². The summed E-state index contributed by atoms with van der Waals surface area (Å²) in [7, 11) is 0. The van der Waals surface area contributed by atoms with Crippen molar-refractivity contribution >= 4 is 22.7 Å². The highest BCUT2D eigenvalue weighted by molar-refractivity contribution is 5.94. The second-order valence-electron chi connectivity index (χ2n) is 3.88. The molecule has 1 aromatic heterocycles. The van der Waals surface area contributed by atoms with Crippen molar-refractivity contribution in [1.82, 2.24) is 10.3 Å². The van der Waals surface area contributed by atoms with Gasteiger partial charge in [0.1, 0.15) is 5.52 Å². The van der Waals surface area contributed by atoms with E-state index in [4.69, 9.17) is 4.42 Å². The Hall–Kier alpha value is -2.14. The average Bonchev–Trinajstić information content (AvgIpc) is 2.69. The Kier molecular flexibility index (Phi) is 3.74. The van der Waals surface area contributed by atoms with E-state index in [9.17, 15) is 4.79 Å². The first-order chi connectivity index (χ1) is 8.69. The minimum Gasteiger partial charge on any atom is -0.441 e. The molecule has 1 heterocycles. The molecule has 0 aliphatic heterocycles. The lowest BCUT2D eigenvalue weighted by molar-refractivity contribution is -0.115. The van der Waals surface area contributed by atoms with Crippen LogP contribution in [0.2, 0.25) is 0 Å². The molecule has 0 bridgehead atoms. The number of nitrogens with zero attached hydrogens (tertiary/aromatic N) is 1. The molecule has 2 N–H and O–H groups in total. The molecule has 5 nitrogen and oxygen atoms in total. The summed E-state index contributed by atoms with van der Waals surface area (Å²) in [6.45, 7) is 6.21. The molecule has 1 aromatic carbocycles. The highest BCUT2D eigenvalue weighted by Gasteiger charge is 2.05. The van der Waals surface area contributed by atoms with Gasteiger partial charge in [-0.2, -0.15) is 0 Å². The Balaban J connectivity index is 2.02. The van der Waals surface area contributed by atoms with Gasteiger partial charge in [0.05, 0.1) is 6.54 Å². The quantitative estimate of drug-likeness (QED) is 0.623. The first-order valence-electron chi connectivity index (χ1n) is 5.67. The van der Waals surface area contributed by atoms with Gasteiger partial charge in [-0.15, -0.1) is 6.58 Å². The number of oxazole rings is 1. The second kappa shape index (κ2) is 5.46. The first-order valence-corrected chi connectivity index (χ1v) is 5.67. The maximum atomic E-state index is 11.6. The molecular formula is C13H15N3O2. The van der Waals surface area contributed by atoms with E-state index in [2.05, 4.69) is 22.2 Å². The van der Waals surface area contributed by atoms with Gasteiger partial charge in [-0.25, -0.2) is 4.98 Å². The Morgan fingerprint density at radius 2 is 2.39 bits per heavy atom. The monoisotopic (exact) mass is 245 g/mol. The maximum absolute atomic E-state index is 11.6. The molecule has 5 heteroatoms. The number of hydrogen-bond donors (Lipinski definition) is 2. The zero-order valence-corrected chi connectivity index (χ0v) is 10.2. The molecule has 0 saturated heterocycles. The van der Waals surface area contributed by atoms with Gasteiger partial charge >= 0.3 is 0 Å². The third kappa shape index (κ3) is 2.95. The topological polar surface area (TPSA) is 67.2 Å². The molecule has 0 radical (unpaired) electrons. The van der Waals surface area contributed by atoms with E-state index in [1.165, 1.54) is 0 Å². The molecular weight excluding hydrogens is 230 g/mol. The zero-order valence-electron chi connectivity index (χ0n) is 10.2. The maximum Gasteiger partial charge on any atom is 0.238 e. The second-order valence-corrected chi connectivity index (χ2v) is 3.88. The van der Waals surface area contributed by atoms with Crippen molar-refractivity contribution in [2.75, 3.05) is 18.4 Å². The summed E-state index contributed by atoms with van der Waals surface area (Å²) >= 11 is 0. The highest BCUT2D eigenvalue weighted by atomic mass is 16.3. The van der Waals surface area contributed by atoms with Crippen LogP contribution >= 0.6 is 0 Å². The summed E-state index contributed by atoms with van der Waals surface area (Å²) in [6.07, 6.45) is 1.71. The number of aromatic nitrogens is 1. The minimum absolute atomic E-state index is 0.101. The number of carbonyl (C=O) groups excluding carboxylic acids is 1. The molecule has 0 spiro atoms. The Morgan fingerprint density at radius 1 is 1.56 bits per heavy atom. The normalized spacial score (nSPS) is 10.5. The molecule has 0 aliphatic carbocycles. The lowest BCUT2D eigenvalue weighted by Crippen LogP contribution is -2.28. The average molecular weight is 245 g/mol. The number of carbonyl (C=O) groups is 1. The van der Waals surface area contributed by atoms with Crippen molar-refractivity contribution in [3.05, 3.63) is 36.7 Å². The van der Waals surface area contributed by atoms with E-state index in [1.807, 2.05) is 0 Å². The van der Waals surface area contributed by atoms with Crippen LogP contribution in [-0.2, 0) is 4.79 Å². The molecule has 18 heavy (non-hydrogen) atoms. The summed E-state index contributed by atoms with van der Waals surface area (Å²) in [5.41, 5.74) is 2.17. The number of hydrogen-bond acceptors (Lipinski definition) is 4. The lowest BCUT2D eigenvalue weighted by atomic mass is 10.3. The van der Waals surface area contributed by atoms with Crippen LogP contribution in [0.5, 0.6) is 0 Å². The van der Waals surface area contributed by atoms with Gasteiger partial charge in [-0.05, 0) is 18.2 Å². The minimum atomic E-state index is -0.101. The van der Waals surface area contributed by atoms with Crippen LogP contribution in [0.4, 0.5) is 5.69 Å². The van der Waals surface area contributed by atoms with Gasteiger partial charge in [0.2, 0.25) is 5.91 Å². The van der Waals surface area contributed by atoms with Crippen molar-refractivity contribution in [3.8, 4) is 0 Å². The first kappa shape index (κ1) is 12.3. The van der Waals surface area contributed by atoms with Crippen LogP contribution in [0.3, 0.4) is 0 Å².